The van der Waals surface area contributed by atoms with Gasteiger partial charge in [0, 0.05) is 25.0 Å². The molecule has 3 aliphatic rings. The smallest absolute Gasteiger partial charge is 0.353 e. The molecule has 3 aromatic rings. The third kappa shape index (κ3) is 6.87. The minimum Gasteiger partial charge on any atom is -0.353 e. The fourth-order valence-electron chi connectivity index (χ4n) is 8.16. The topological polar surface area (TPSA) is 61.4 Å². The van der Waals surface area contributed by atoms with Gasteiger partial charge in [-0.25, -0.2) is 0 Å². The number of hydrogen-bond donors (Lipinski definition) is 2. The lowest BCUT2D eigenvalue weighted by Crippen LogP contribution is -2.48. The third-order valence-electron chi connectivity index (χ3n) is 10.4. The van der Waals surface area contributed by atoms with Crippen LogP contribution < -0.4 is 10.6 Å². The average molecular weight is 632 g/mol. The molecule has 244 valence electrons. The number of nitrogens with one attached hydrogen (secondary N) is 2. The molecule has 0 bridgehead atoms. The second kappa shape index (κ2) is 14.0. The molecule has 1 saturated heterocycles. The van der Waals surface area contributed by atoms with Gasteiger partial charge in [-0.1, -0.05) is 98.1 Å². The van der Waals surface area contributed by atoms with E-state index in [1.807, 2.05) is 54.6 Å². The molecular formula is C38H44F3N3O2. The van der Waals surface area contributed by atoms with Gasteiger partial charge in [-0.2, -0.15) is 13.2 Å². The van der Waals surface area contributed by atoms with Crippen molar-refractivity contribution >= 4 is 11.8 Å². The fourth-order valence-corrected chi connectivity index (χ4v) is 8.16. The van der Waals surface area contributed by atoms with E-state index in [9.17, 15) is 22.8 Å². The maximum atomic E-state index is 13.7. The first-order valence-electron chi connectivity index (χ1n) is 16.9. The van der Waals surface area contributed by atoms with E-state index in [4.69, 9.17) is 0 Å². The molecule has 46 heavy (non-hydrogen) atoms. The van der Waals surface area contributed by atoms with E-state index in [2.05, 4.69) is 39.8 Å². The van der Waals surface area contributed by atoms with E-state index >= 15 is 0 Å². The Balaban J connectivity index is 1.04. The van der Waals surface area contributed by atoms with Crippen LogP contribution in [0.1, 0.15) is 80.4 Å². The average Bonchev–Trinajstić information content (AvgIpc) is 3.37. The quantitative estimate of drug-likeness (QED) is 0.230. The van der Waals surface area contributed by atoms with Crippen molar-refractivity contribution < 1.29 is 22.8 Å². The molecule has 1 unspecified atom stereocenters. The van der Waals surface area contributed by atoms with E-state index < -0.39 is 24.0 Å². The zero-order valence-corrected chi connectivity index (χ0v) is 26.3. The molecule has 2 fully saturated rings. The number of rotatable bonds is 10. The number of unbranched alkanes of at least 4 members (excludes halogenated alkanes) is 1. The second-order valence-corrected chi connectivity index (χ2v) is 13.3. The van der Waals surface area contributed by atoms with E-state index in [0.717, 1.165) is 80.4 Å². The van der Waals surface area contributed by atoms with E-state index in [0.29, 0.717) is 12.8 Å². The summed E-state index contributed by atoms with van der Waals surface area (Å²) < 4.78 is 39.5. The zero-order valence-electron chi connectivity index (χ0n) is 26.3. The van der Waals surface area contributed by atoms with Crippen molar-refractivity contribution in [1.82, 2.24) is 15.5 Å². The lowest BCUT2D eigenvalue weighted by atomic mass is 9.73. The summed E-state index contributed by atoms with van der Waals surface area (Å²) in [6.45, 7) is 1.28. The van der Waals surface area contributed by atoms with Gasteiger partial charge < -0.3 is 15.5 Å². The van der Waals surface area contributed by atoms with Gasteiger partial charge in [-0.05, 0) is 78.8 Å². The van der Waals surface area contributed by atoms with Gasteiger partial charge in [-0.15, -0.1) is 0 Å². The molecule has 2 amide bonds. The highest BCUT2D eigenvalue weighted by molar-refractivity contribution is 6.00. The predicted octanol–water partition coefficient (Wildman–Crippen LogP) is 7.36. The normalized spacial score (nSPS) is 21.3. The van der Waals surface area contributed by atoms with Crippen LogP contribution in [0.15, 0.2) is 78.9 Å². The van der Waals surface area contributed by atoms with Gasteiger partial charge in [0.15, 0.2) is 0 Å². The Labute approximate surface area is 270 Å². The van der Waals surface area contributed by atoms with E-state index in [1.54, 1.807) is 0 Å². The maximum absolute atomic E-state index is 13.7. The van der Waals surface area contributed by atoms with E-state index in [1.165, 1.54) is 12.0 Å². The van der Waals surface area contributed by atoms with Crippen molar-refractivity contribution in [3.63, 3.8) is 0 Å². The molecule has 2 atom stereocenters. The number of nitrogens with zero attached hydrogens (tertiary/aromatic N) is 1. The first-order valence-corrected chi connectivity index (χ1v) is 16.9. The van der Waals surface area contributed by atoms with Crippen LogP contribution in [0.3, 0.4) is 0 Å². The molecule has 6 rings (SSSR count). The number of alkyl halides is 3. The number of hydrogen-bond acceptors (Lipinski definition) is 3. The van der Waals surface area contributed by atoms with Crippen LogP contribution in [-0.4, -0.2) is 55.1 Å². The molecule has 1 saturated carbocycles. The van der Waals surface area contributed by atoms with Crippen molar-refractivity contribution in [2.75, 3.05) is 26.2 Å². The summed E-state index contributed by atoms with van der Waals surface area (Å²) in [5.74, 6) is -0.0853. The largest absolute Gasteiger partial charge is 0.405 e. The Bertz CT molecular complexity index is 1450. The molecule has 5 nitrogen and oxygen atoms in total. The van der Waals surface area contributed by atoms with Crippen LogP contribution in [0.4, 0.5) is 13.2 Å². The fraction of sp³-hybridized carbons (Fsp3) is 0.474. The highest BCUT2D eigenvalue weighted by Gasteiger charge is 2.49. The number of halogens is 3. The first kappa shape index (κ1) is 32.3. The Hall–Kier alpha value is -3.65. The monoisotopic (exact) mass is 631 g/mol. The lowest BCUT2D eigenvalue weighted by molar-refractivity contribution is -0.141. The summed E-state index contributed by atoms with van der Waals surface area (Å²) >= 11 is 0. The molecule has 1 aliphatic heterocycles. The number of amides is 2. The summed E-state index contributed by atoms with van der Waals surface area (Å²) in [7, 11) is 0. The van der Waals surface area contributed by atoms with Crippen molar-refractivity contribution in [3.05, 3.63) is 95.6 Å². The standard InChI is InChI=1S/C38H44F3N3O2/c39-38(40,41)26-42-36(46)37(33-18-8-6-15-30(33)31-16-7-9-19-34(31)37)22-10-11-23-44-24-20-28(21-25-44)43-35(45)32-17-5-4-14-29(32)27-12-2-1-3-13-27/h1-3,6-9,12-13,15-16,18-19,28-29,32H,4-5,10-11,14,17,20-26H2,(H,42,46)(H,43,45)/t29-,32?/m0/s1. The lowest BCUT2D eigenvalue weighted by Gasteiger charge is -2.36. The molecule has 1 heterocycles. The summed E-state index contributed by atoms with van der Waals surface area (Å²) in [6, 6.07) is 25.8. The Kier molecular flexibility index (Phi) is 9.83. The molecule has 2 aliphatic carbocycles. The Morgan fingerprint density at radius 2 is 1.39 bits per heavy atom. The number of piperidine rings is 1. The molecule has 2 N–H and O–H groups in total. The van der Waals surface area contributed by atoms with Crippen LogP contribution in [-0.2, 0) is 15.0 Å². The van der Waals surface area contributed by atoms with Crippen molar-refractivity contribution in [3.8, 4) is 11.1 Å². The number of carbonyl (C=O) groups is 2. The summed E-state index contributed by atoms with van der Waals surface area (Å²) in [6.07, 6.45) is 3.54. The van der Waals surface area contributed by atoms with Crippen LogP contribution in [0, 0.1) is 5.92 Å². The van der Waals surface area contributed by atoms with Crippen LogP contribution >= 0.6 is 0 Å². The van der Waals surface area contributed by atoms with Crippen LogP contribution in [0.5, 0.6) is 0 Å². The van der Waals surface area contributed by atoms with Gasteiger partial charge in [0.25, 0.3) is 0 Å². The minimum atomic E-state index is -4.49. The van der Waals surface area contributed by atoms with Crippen molar-refractivity contribution in [2.24, 2.45) is 5.92 Å². The molecule has 3 aromatic carbocycles. The molecule has 0 aromatic heterocycles. The highest BCUT2D eigenvalue weighted by Crippen LogP contribution is 2.51. The van der Waals surface area contributed by atoms with Gasteiger partial charge in [0.1, 0.15) is 12.0 Å². The molecule has 8 heteroatoms. The van der Waals surface area contributed by atoms with Crippen LogP contribution in [0.2, 0.25) is 0 Å². The third-order valence-corrected chi connectivity index (χ3v) is 10.4. The predicted molar refractivity (Wildman–Crippen MR) is 174 cm³/mol. The molecule has 0 spiro atoms. The van der Waals surface area contributed by atoms with Gasteiger partial charge in [-0.3, -0.25) is 9.59 Å². The second-order valence-electron chi connectivity index (χ2n) is 13.3. The highest BCUT2D eigenvalue weighted by atomic mass is 19.4. The molecular weight excluding hydrogens is 587 g/mol. The Morgan fingerprint density at radius 3 is 2.04 bits per heavy atom. The summed E-state index contributed by atoms with van der Waals surface area (Å²) in [5.41, 5.74) is 3.48. The van der Waals surface area contributed by atoms with Crippen molar-refractivity contribution in [1.29, 1.82) is 0 Å². The SMILES string of the molecule is O=C(NC1CCN(CCCCC2(C(=O)NCC(F)(F)F)c3ccccc3-c3ccccc32)CC1)C1CCCC[C@H]1c1ccccc1. The minimum absolute atomic E-state index is 0.0284. The maximum Gasteiger partial charge on any atom is 0.405 e. The summed E-state index contributed by atoms with van der Waals surface area (Å²) in [5, 5.41) is 5.61. The number of fused-ring (bicyclic) bond motifs is 3. The summed E-state index contributed by atoms with van der Waals surface area (Å²) in [4.78, 5) is 29.5. The number of carbonyl (C=O) groups excluding carboxylic acids is 2. The number of benzene rings is 3. The van der Waals surface area contributed by atoms with Gasteiger partial charge >= 0.3 is 6.18 Å². The van der Waals surface area contributed by atoms with Crippen molar-refractivity contribution in [2.45, 2.75) is 81.3 Å². The van der Waals surface area contributed by atoms with E-state index in [-0.39, 0.29) is 23.8 Å². The first-order chi connectivity index (χ1) is 22.3. The molecule has 0 radical (unpaired) electrons. The van der Waals surface area contributed by atoms with Gasteiger partial charge in [0.05, 0.1) is 0 Å². The Morgan fingerprint density at radius 1 is 0.783 bits per heavy atom. The van der Waals surface area contributed by atoms with Crippen LogP contribution in [0.25, 0.3) is 11.1 Å². The van der Waals surface area contributed by atoms with Gasteiger partial charge in [0.2, 0.25) is 11.8 Å². The zero-order chi connectivity index (χ0) is 32.1. The number of likely N-dealkylation sites (tertiary alicyclic amines) is 1.